The van der Waals surface area contributed by atoms with Crippen molar-refractivity contribution < 1.29 is 14.3 Å². The van der Waals surface area contributed by atoms with Gasteiger partial charge in [-0.25, -0.2) is 4.79 Å². The molecule has 0 fully saturated rings. The van der Waals surface area contributed by atoms with Crippen LogP contribution in [0, 0.1) is 13.8 Å². The molecule has 208 valence electrons. The zero-order chi connectivity index (χ0) is 29.1. The van der Waals surface area contributed by atoms with Gasteiger partial charge in [0.05, 0.1) is 17.6 Å². The van der Waals surface area contributed by atoms with Gasteiger partial charge in [0.1, 0.15) is 5.69 Å². The van der Waals surface area contributed by atoms with E-state index in [0.29, 0.717) is 23.6 Å². The molecule has 0 aliphatic rings. The molecule has 2 heterocycles. The van der Waals surface area contributed by atoms with Crippen molar-refractivity contribution in [2.75, 3.05) is 17.7 Å². The SMILES string of the molecule is CCOC(=O)c1cc2ccc(NC(=O)c3ccc(Br)cc3)c(C)c2n1C.CCc1cc2ccc(N)c(C)c2n1C. The van der Waals surface area contributed by atoms with Crippen molar-refractivity contribution in [3.63, 3.8) is 0 Å². The molecule has 0 aliphatic carbocycles. The summed E-state index contributed by atoms with van der Waals surface area (Å²) in [4.78, 5) is 24.6. The van der Waals surface area contributed by atoms with Gasteiger partial charge in [0.25, 0.3) is 5.91 Å². The molecule has 3 aromatic carbocycles. The molecule has 7 nitrogen and oxygen atoms in total. The molecule has 5 rings (SSSR count). The predicted molar refractivity (Wildman–Crippen MR) is 167 cm³/mol. The van der Waals surface area contributed by atoms with E-state index in [2.05, 4.69) is 58.8 Å². The lowest BCUT2D eigenvalue weighted by Crippen LogP contribution is -2.13. The Kier molecular flexibility index (Phi) is 8.69. The third-order valence-corrected chi connectivity index (χ3v) is 7.77. The minimum atomic E-state index is -0.356. The van der Waals surface area contributed by atoms with E-state index in [1.807, 2.05) is 44.3 Å². The second kappa shape index (κ2) is 12.0. The Morgan fingerprint density at radius 1 is 0.875 bits per heavy atom. The number of benzene rings is 3. The van der Waals surface area contributed by atoms with Crippen molar-refractivity contribution >= 4 is 61.0 Å². The van der Waals surface area contributed by atoms with Gasteiger partial charge in [0.15, 0.2) is 0 Å². The number of halogens is 1. The van der Waals surface area contributed by atoms with E-state index in [0.717, 1.165) is 33.0 Å². The van der Waals surface area contributed by atoms with Crippen LogP contribution in [0.2, 0.25) is 0 Å². The number of esters is 1. The number of amides is 1. The number of fused-ring (bicyclic) bond motifs is 2. The predicted octanol–water partition coefficient (Wildman–Crippen LogP) is 7.31. The largest absolute Gasteiger partial charge is 0.461 e. The van der Waals surface area contributed by atoms with E-state index in [1.165, 1.54) is 22.2 Å². The highest BCUT2D eigenvalue weighted by Crippen LogP contribution is 2.29. The summed E-state index contributed by atoms with van der Waals surface area (Å²) in [6.07, 6.45) is 1.06. The highest BCUT2D eigenvalue weighted by Gasteiger charge is 2.18. The summed E-state index contributed by atoms with van der Waals surface area (Å²) in [5, 5.41) is 5.16. The molecule has 0 saturated carbocycles. The number of nitrogens with two attached hydrogens (primary N) is 1. The van der Waals surface area contributed by atoms with Gasteiger partial charge in [0.2, 0.25) is 0 Å². The number of aryl methyl sites for hydroxylation is 5. The Morgan fingerprint density at radius 3 is 2.15 bits per heavy atom. The number of hydrogen-bond donors (Lipinski definition) is 2. The lowest BCUT2D eigenvalue weighted by atomic mass is 10.1. The molecule has 2 aromatic heterocycles. The summed E-state index contributed by atoms with van der Waals surface area (Å²) >= 11 is 3.36. The van der Waals surface area contributed by atoms with Crippen LogP contribution in [0.3, 0.4) is 0 Å². The summed E-state index contributed by atoms with van der Waals surface area (Å²) in [6.45, 7) is 8.29. The molecular formula is C32H35BrN4O3. The van der Waals surface area contributed by atoms with Gasteiger partial charge >= 0.3 is 5.97 Å². The van der Waals surface area contributed by atoms with Crippen LogP contribution in [0.15, 0.2) is 65.1 Å². The molecule has 0 bridgehead atoms. The highest BCUT2D eigenvalue weighted by molar-refractivity contribution is 9.10. The molecule has 8 heteroatoms. The maximum atomic E-state index is 12.5. The van der Waals surface area contributed by atoms with Crippen LogP contribution in [0.4, 0.5) is 11.4 Å². The molecule has 3 N–H and O–H groups in total. The third-order valence-electron chi connectivity index (χ3n) is 7.25. The number of nitrogens with zero attached hydrogens (tertiary/aromatic N) is 2. The molecule has 40 heavy (non-hydrogen) atoms. The number of aromatic nitrogens is 2. The fourth-order valence-electron chi connectivity index (χ4n) is 5.04. The number of ether oxygens (including phenoxy) is 1. The Balaban J connectivity index is 0.000000222. The van der Waals surface area contributed by atoms with Gasteiger partial charge in [0, 0.05) is 52.0 Å². The smallest absolute Gasteiger partial charge is 0.354 e. The zero-order valence-electron chi connectivity index (χ0n) is 23.8. The molecule has 0 spiro atoms. The summed E-state index contributed by atoms with van der Waals surface area (Å²) in [7, 11) is 3.93. The molecule has 1 amide bonds. The van der Waals surface area contributed by atoms with Gasteiger partial charge < -0.3 is 24.9 Å². The maximum absolute atomic E-state index is 12.5. The Bertz CT molecular complexity index is 1710. The number of carbonyl (C=O) groups is 2. The highest BCUT2D eigenvalue weighted by atomic mass is 79.9. The molecule has 5 aromatic rings. The first-order chi connectivity index (χ1) is 19.1. The number of nitrogen functional groups attached to an aromatic ring is 1. The fourth-order valence-corrected chi connectivity index (χ4v) is 5.30. The molecule has 0 aliphatic heterocycles. The van der Waals surface area contributed by atoms with Crippen molar-refractivity contribution in [1.29, 1.82) is 0 Å². The van der Waals surface area contributed by atoms with Crippen LogP contribution in [0.1, 0.15) is 51.5 Å². The summed E-state index contributed by atoms with van der Waals surface area (Å²) < 4.78 is 10.1. The first-order valence-electron chi connectivity index (χ1n) is 13.2. The van der Waals surface area contributed by atoms with Crippen LogP contribution in [0.5, 0.6) is 0 Å². The number of nitrogens with one attached hydrogen (secondary N) is 1. The number of hydrogen-bond acceptors (Lipinski definition) is 4. The minimum Gasteiger partial charge on any atom is -0.461 e. The normalized spacial score (nSPS) is 10.9. The molecule has 0 unspecified atom stereocenters. The summed E-state index contributed by atoms with van der Waals surface area (Å²) in [5.41, 5.74) is 14.1. The van der Waals surface area contributed by atoms with Gasteiger partial charge in [-0.3, -0.25) is 4.79 Å². The van der Waals surface area contributed by atoms with E-state index >= 15 is 0 Å². The molecule has 0 saturated heterocycles. The van der Waals surface area contributed by atoms with Crippen LogP contribution in [-0.2, 0) is 25.3 Å². The zero-order valence-corrected chi connectivity index (χ0v) is 25.3. The van der Waals surface area contributed by atoms with E-state index in [4.69, 9.17) is 10.5 Å². The maximum Gasteiger partial charge on any atom is 0.354 e. The minimum absolute atomic E-state index is 0.181. The average Bonchev–Trinajstić information content (AvgIpc) is 3.45. The second-order valence-corrected chi connectivity index (χ2v) is 10.6. The lowest BCUT2D eigenvalue weighted by molar-refractivity contribution is 0.0515. The fraction of sp³-hybridized carbons (Fsp3) is 0.250. The third kappa shape index (κ3) is 5.63. The monoisotopic (exact) mass is 602 g/mol. The first kappa shape index (κ1) is 29.0. The van der Waals surface area contributed by atoms with E-state index in [9.17, 15) is 9.59 Å². The van der Waals surface area contributed by atoms with Crippen LogP contribution in [0.25, 0.3) is 21.8 Å². The second-order valence-electron chi connectivity index (χ2n) is 9.71. The van der Waals surface area contributed by atoms with Gasteiger partial charge in [-0.2, -0.15) is 0 Å². The van der Waals surface area contributed by atoms with Crippen LogP contribution >= 0.6 is 15.9 Å². The average molecular weight is 604 g/mol. The Hall–Kier alpha value is -4.04. The van der Waals surface area contributed by atoms with Crippen molar-refractivity contribution in [2.24, 2.45) is 14.1 Å². The standard InChI is InChI=1S/C20H19BrN2O3.C12H16N2/c1-4-26-20(25)17-11-14-7-10-16(12(2)18(14)23(17)3)22-19(24)13-5-8-15(21)9-6-13;1-4-10-7-9-5-6-11(13)8(2)12(9)14(10)3/h5-11H,4H2,1-3H3,(H,22,24);5-7H,4,13H2,1-3H3. The topological polar surface area (TPSA) is 91.3 Å². The van der Waals surface area contributed by atoms with Gasteiger partial charge in [-0.05, 0) is 86.8 Å². The van der Waals surface area contributed by atoms with E-state index < -0.39 is 0 Å². The Morgan fingerprint density at radius 2 is 1.50 bits per heavy atom. The Labute approximate surface area is 243 Å². The van der Waals surface area contributed by atoms with E-state index in [-0.39, 0.29) is 11.9 Å². The van der Waals surface area contributed by atoms with Crippen LogP contribution in [-0.4, -0.2) is 27.6 Å². The van der Waals surface area contributed by atoms with Gasteiger partial charge in [-0.15, -0.1) is 0 Å². The molecule has 0 atom stereocenters. The number of carbonyl (C=O) groups excluding carboxylic acids is 2. The molecular weight excluding hydrogens is 568 g/mol. The molecule has 0 radical (unpaired) electrons. The van der Waals surface area contributed by atoms with Crippen molar-refractivity contribution in [3.05, 3.63) is 93.2 Å². The van der Waals surface area contributed by atoms with Crippen LogP contribution < -0.4 is 11.1 Å². The number of anilines is 2. The lowest BCUT2D eigenvalue weighted by Gasteiger charge is -2.11. The van der Waals surface area contributed by atoms with Crippen molar-refractivity contribution in [3.8, 4) is 0 Å². The van der Waals surface area contributed by atoms with E-state index in [1.54, 1.807) is 29.7 Å². The van der Waals surface area contributed by atoms with Crippen molar-refractivity contribution in [1.82, 2.24) is 9.13 Å². The van der Waals surface area contributed by atoms with Gasteiger partial charge in [-0.1, -0.05) is 35.0 Å². The van der Waals surface area contributed by atoms with Crippen molar-refractivity contribution in [2.45, 2.75) is 34.1 Å². The summed E-state index contributed by atoms with van der Waals surface area (Å²) in [5.74, 6) is -0.536. The number of rotatable bonds is 5. The quantitative estimate of drug-likeness (QED) is 0.163. The summed E-state index contributed by atoms with van der Waals surface area (Å²) in [6, 6.07) is 19.0. The first-order valence-corrected chi connectivity index (χ1v) is 14.0.